The highest BCUT2D eigenvalue weighted by Crippen LogP contribution is 2.33. The minimum atomic E-state index is -0.620. The van der Waals surface area contributed by atoms with Crippen LogP contribution in [0.1, 0.15) is 71.7 Å². The predicted molar refractivity (Wildman–Crippen MR) is 341 cm³/mol. The summed E-state index contributed by atoms with van der Waals surface area (Å²) in [6, 6.07) is 19.9. The molecule has 4 unspecified atom stereocenters. The maximum Gasteiger partial charge on any atom is 0.410 e. The van der Waals surface area contributed by atoms with Crippen LogP contribution in [0.5, 0.6) is 40.2 Å². The van der Waals surface area contributed by atoms with E-state index in [2.05, 4.69) is 53.9 Å². The van der Waals surface area contributed by atoms with E-state index in [1.807, 2.05) is 45.0 Å². The first-order chi connectivity index (χ1) is 44.0. The summed E-state index contributed by atoms with van der Waals surface area (Å²) in [4.78, 5) is 89.5. The summed E-state index contributed by atoms with van der Waals surface area (Å²) in [6.45, 7) is 17.6. The Balaban J connectivity index is 0.000000163. The van der Waals surface area contributed by atoms with Gasteiger partial charge in [0.1, 0.15) is 55.6 Å². The zero-order chi connectivity index (χ0) is 64.2. The minimum absolute atomic E-state index is 0.0151. The molecule has 0 aromatic carbocycles. The van der Waals surface area contributed by atoms with E-state index < -0.39 is 5.60 Å². The Morgan fingerprint density at radius 2 is 1.03 bits per heavy atom. The maximum absolute atomic E-state index is 13.4. The lowest BCUT2D eigenvalue weighted by molar-refractivity contribution is -0.108. The standard InChI is InChI=1S/C30H39N5O6.C25H31N5O4.C11H10N2O3/c1-20-14-22(8-9-33(20)10-11-34-25-16-23(38-5)17-32-24(25)6-7-28(34)36)35(29(37)41-30(2,3)4)19-21-15-26-27(18-31-21)40-13-12-39-26;1-17-11-18(26-14-19-12-23-24(16-27-19)34-10-9-33-23)5-6-29(17)7-8-30-22-13-20(32-2)15-28-21(22)3-4-25(30)31;1-16-8-6-10-9(12-7-8)2-3-11(15)13(10)4-5-14/h6-7,15-18,20,22H,8-14,19H2,1-5H3;3-4,12-13,15-18,26H,5-11,14H2,1-2H3;2-3,5-7H,4H2,1H3. The van der Waals surface area contributed by atoms with E-state index in [1.165, 1.54) is 17.7 Å². The Bertz CT molecular complexity index is 4040. The summed E-state index contributed by atoms with van der Waals surface area (Å²) in [5.74, 6) is 4.57. The number of piperidine rings is 2. The van der Waals surface area contributed by atoms with Crippen LogP contribution >= 0.6 is 0 Å². The number of ether oxygens (including phenoxy) is 8. The second kappa shape index (κ2) is 29.6. The topological polar surface area (TPSA) is 260 Å². The van der Waals surface area contributed by atoms with Gasteiger partial charge in [0.05, 0.1) is 110 Å². The number of hydrogen-bond donors (Lipinski definition) is 1. The van der Waals surface area contributed by atoms with Crippen LogP contribution in [0.15, 0.2) is 112 Å². The van der Waals surface area contributed by atoms with Gasteiger partial charge in [-0.15, -0.1) is 0 Å². The van der Waals surface area contributed by atoms with E-state index in [-0.39, 0.29) is 41.4 Å². The lowest BCUT2D eigenvalue weighted by atomic mass is 9.96. The summed E-state index contributed by atoms with van der Waals surface area (Å²) in [6.07, 6.45) is 12.3. The van der Waals surface area contributed by atoms with Gasteiger partial charge >= 0.3 is 6.09 Å². The summed E-state index contributed by atoms with van der Waals surface area (Å²) in [5.41, 5.74) is 5.10. The molecule has 0 radical (unpaired) electrons. The molecule has 25 heteroatoms. The molecule has 91 heavy (non-hydrogen) atoms. The quantitative estimate of drug-likeness (QED) is 0.0932. The Kier molecular flexibility index (Phi) is 21.1. The van der Waals surface area contributed by atoms with Crippen LogP contribution in [0.2, 0.25) is 0 Å². The molecule has 0 spiro atoms. The molecule has 482 valence electrons. The molecule has 2 saturated heterocycles. The molecule has 25 nitrogen and oxygen atoms in total. The van der Waals surface area contributed by atoms with Crippen LogP contribution in [-0.2, 0) is 42.3 Å². The fraction of sp³-hybridized carbons (Fsp3) is 0.455. The maximum atomic E-state index is 13.4. The van der Waals surface area contributed by atoms with Gasteiger partial charge in [0.2, 0.25) is 0 Å². The summed E-state index contributed by atoms with van der Waals surface area (Å²) in [7, 11) is 4.72. The van der Waals surface area contributed by atoms with E-state index in [1.54, 1.807) is 95.6 Å². The summed E-state index contributed by atoms with van der Waals surface area (Å²) >= 11 is 0. The van der Waals surface area contributed by atoms with Gasteiger partial charge in [-0.25, -0.2) is 4.79 Å². The number of carbonyl (C=O) groups is 2. The van der Waals surface area contributed by atoms with Crippen LogP contribution in [0.3, 0.4) is 0 Å². The molecule has 1 N–H and O–H groups in total. The normalized spacial score (nSPS) is 18.1. The van der Waals surface area contributed by atoms with Gasteiger partial charge in [-0.05, 0) is 85.0 Å². The average Bonchev–Trinajstić information content (AvgIpc) is 1.03. The van der Waals surface area contributed by atoms with Gasteiger partial charge in [-0.2, -0.15) is 0 Å². The zero-order valence-corrected chi connectivity index (χ0v) is 52.9. The Morgan fingerprint density at radius 1 is 0.582 bits per heavy atom. The van der Waals surface area contributed by atoms with E-state index >= 15 is 0 Å². The molecule has 2 fully saturated rings. The average molecular weight is 1250 g/mol. The number of carbonyl (C=O) groups excluding carboxylic acids is 2. The molecule has 0 saturated carbocycles. The number of hydrogen-bond acceptors (Lipinski definition) is 21. The minimum Gasteiger partial charge on any atom is -0.495 e. The molecule has 1 amide bonds. The van der Waals surface area contributed by atoms with Gasteiger partial charge < -0.3 is 57.1 Å². The summed E-state index contributed by atoms with van der Waals surface area (Å²) < 4.78 is 49.0. The van der Waals surface area contributed by atoms with Crippen LogP contribution in [0.4, 0.5) is 4.79 Å². The lowest BCUT2D eigenvalue weighted by Crippen LogP contribution is -2.52. The van der Waals surface area contributed by atoms with Gasteiger partial charge in [-0.1, -0.05) is 0 Å². The van der Waals surface area contributed by atoms with E-state index in [0.717, 1.165) is 90.3 Å². The molecule has 4 atom stereocenters. The third kappa shape index (κ3) is 16.2. The first-order valence-corrected chi connectivity index (χ1v) is 30.7. The number of aldehydes is 1. The SMILES string of the molecule is COc1cnc2ccc(=O)n(CC=O)c2c1.COc1cnc2ccc(=O)n(CCN3CCC(N(Cc4cc5c(cn4)OCCO5)C(=O)OC(C)(C)C)CC3C)c2c1.COc1cnc2ccc(=O)n(CCN3CCC(NCc4cc5c(cn4)OCCO5)CC3C)c2c1. The smallest absolute Gasteiger partial charge is 0.410 e. The Morgan fingerprint density at radius 3 is 1.51 bits per heavy atom. The van der Waals surface area contributed by atoms with Crippen molar-refractivity contribution in [1.82, 2.24) is 58.6 Å². The van der Waals surface area contributed by atoms with Crippen molar-refractivity contribution in [3.63, 3.8) is 0 Å². The van der Waals surface area contributed by atoms with Gasteiger partial charge in [0, 0.05) is 112 Å². The predicted octanol–water partition coefficient (Wildman–Crippen LogP) is 6.68. The largest absolute Gasteiger partial charge is 0.495 e. The fourth-order valence-corrected chi connectivity index (χ4v) is 11.8. The molecular weight excluding hydrogens is 1170 g/mol. The van der Waals surface area contributed by atoms with E-state index in [4.69, 9.17) is 37.9 Å². The van der Waals surface area contributed by atoms with Crippen molar-refractivity contribution in [2.75, 3.05) is 73.9 Å². The number of likely N-dealkylation sites (tertiary alicyclic amines) is 2. The molecular formula is C66H80N12O13. The van der Waals surface area contributed by atoms with Crippen molar-refractivity contribution in [3.8, 4) is 40.2 Å². The van der Waals surface area contributed by atoms with Crippen molar-refractivity contribution >= 4 is 45.5 Å². The van der Waals surface area contributed by atoms with Gasteiger partial charge in [0.15, 0.2) is 23.0 Å². The third-order valence-corrected chi connectivity index (χ3v) is 16.6. The van der Waals surface area contributed by atoms with E-state index in [0.29, 0.717) is 117 Å². The highest BCUT2D eigenvalue weighted by Gasteiger charge is 2.35. The fourth-order valence-electron chi connectivity index (χ4n) is 11.8. The van der Waals surface area contributed by atoms with Crippen molar-refractivity contribution in [3.05, 3.63) is 140 Å². The number of amides is 1. The number of rotatable bonds is 17. The molecule has 8 aromatic heterocycles. The van der Waals surface area contributed by atoms with Gasteiger partial charge in [0.25, 0.3) is 16.7 Å². The molecule has 12 heterocycles. The van der Waals surface area contributed by atoms with Gasteiger partial charge in [-0.3, -0.25) is 58.6 Å². The molecule has 0 bridgehead atoms. The lowest BCUT2D eigenvalue weighted by Gasteiger charge is -2.42. The first kappa shape index (κ1) is 64.8. The molecule has 12 rings (SSSR count). The number of nitrogens with zero attached hydrogens (tertiary/aromatic N) is 11. The monoisotopic (exact) mass is 1250 g/mol. The van der Waals surface area contributed by atoms with E-state index in [9.17, 15) is 24.0 Å². The zero-order valence-electron chi connectivity index (χ0n) is 52.9. The highest BCUT2D eigenvalue weighted by molar-refractivity contribution is 5.78. The molecule has 0 aliphatic carbocycles. The van der Waals surface area contributed by atoms with Crippen molar-refractivity contribution < 1.29 is 47.5 Å². The van der Waals surface area contributed by atoms with Crippen LogP contribution < -0.4 is 55.2 Å². The number of nitrogens with one attached hydrogen (secondary N) is 1. The van der Waals surface area contributed by atoms with Crippen molar-refractivity contribution in [1.29, 1.82) is 0 Å². The first-order valence-electron chi connectivity index (χ1n) is 30.7. The second-order valence-electron chi connectivity index (χ2n) is 23.7. The number of methoxy groups -OCH3 is 3. The van der Waals surface area contributed by atoms with Crippen LogP contribution in [0, 0.1) is 0 Å². The van der Waals surface area contributed by atoms with Crippen LogP contribution in [-0.4, -0.2) is 169 Å². The second-order valence-corrected chi connectivity index (χ2v) is 23.7. The van der Waals surface area contributed by atoms with Crippen LogP contribution in [0.25, 0.3) is 33.1 Å². The highest BCUT2D eigenvalue weighted by atomic mass is 16.6. The molecule has 4 aliphatic heterocycles. The number of pyridine rings is 8. The number of aromatic nitrogens is 8. The Hall–Kier alpha value is -9.20. The van der Waals surface area contributed by atoms with Crippen molar-refractivity contribution in [2.45, 2.75) is 123 Å². The number of fused-ring (bicyclic) bond motifs is 5. The summed E-state index contributed by atoms with van der Waals surface area (Å²) in [5, 5.41) is 3.65. The third-order valence-electron chi connectivity index (χ3n) is 16.6. The Labute approximate surface area is 526 Å². The molecule has 8 aromatic rings. The molecule has 4 aliphatic rings. The van der Waals surface area contributed by atoms with Crippen molar-refractivity contribution in [2.24, 2.45) is 0 Å².